The molecule has 0 saturated carbocycles. The highest BCUT2D eigenvalue weighted by molar-refractivity contribution is 5.41. The molecule has 0 heterocycles. The second-order valence-corrected chi connectivity index (χ2v) is 1.61. The van der Waals surface area contributed by atoms with Crippen molar-refractivity contribution in [2.24, 2.45) is 9.98 Å². The van der Waals surface area contributed by atoms with Crippen LogP contribution in [0, 0.1) is 0 Å². The maximum atomic E-state index is 3.86. The van der Waals surface area contributed by atoms with Crippen LogP contribution in [0.25, 0.3) is 0 Å². The van der Waals surface area contributed by atoms with Crippen molar-refractivity contribution in [1.82, 2.24) is 0 Å². The summed E-state index contributed by atoms with van der Waals surface area (Å²) < 4.78 is 0. The molecule has 0 aliphatic rings. The van der Waals surface area contributed by atoms with Crippen molar-refractivity contribution in [3.63, 3.8) is 0 Å². The Morgan fingerprint density at radius 1 is 1.56 bits per heavy atom. The van der Waals surface area contributed by atoms with Crippen LogP contribution in [0.3, 0.4) is 0 Å². The molecule has 0 N–H and O–H groups in total. The first-order valence-corrected chi connectivity index (χ1v) is 3.10. The summed E-state index contributed by atoms with van der Waals surface area (Å²) in [6, 6.07) is 2.57. The van der Waals surface area contributed by atoms with Gasteiger partial charge in [-0.1, -0.05) is 13.0 Å². The SMILES string of the molecule is C=CCN=C=NCCC. The van der Waals surface area contributed by atoms with Gasteiger partial charge in [-0.15, -0.1) is 6.58 Å². The highest BCUT2D eigenvalue weighted by Gasteiger charge is 1.67. The van der Waals surface area contributed by atoms with E-state index in [1.54, 1.807) is 6.08 Å². The van der Waals surface area contributed by atoms with E-state index in [1.807, 2.05) is 0 Å². The van der Waals surface area contributed by atoms with Gasteiger partial charge in [0.2, 0.25) is 0 Å². The molecule has 0 spiro atoms. The lowest BCUT2D eigenvalue weighted by Crippen LogP contribution is -1.72. The van der Waals surface area contributed by atoms with Gasteiger partial charge in [-0.25, -0.2) is 9.98 Å². The van der Waals surface area contributed by atoms with Crippen LogP contribution >= 0.6 is 0 Å². The van der Waals surface area contributed by atoms with Gasteiger partial charge < -0.3 is 0 Å². The molecule has 0 bridgehead atoms. The fraction of sp³-hybridized carbons (Fsp3) is 0.571. The van der Waals surface area contributed by atoms with Gasteiger partial charge in [0.15, 0.2) is 0 Å². The van der Waals surface area contributed by atoms with Crippen LogP contribution in [0.15, 0.2) is 22.6 Å². The lowest BCUT2D eigenvalue weighted by Gasteiger charge is -1.76. The molecule has 2 nitrogen and oxygen atoms in total. The predicted molar refractivity (Wildman–Crippen MR) is 40.1 cm³/mol. The molecule has 0 aliphatic heterocycles. The molecule has 9 heavy (non-hydrogen) atoms. The van der Waals surface area contributed by atoms with Crippen LogP contribution in [-0.4, -0.2) is 19.1 Å². The normalized spacial score (nSPS) is 7.67. The van der Waals surface area contributed by atoms with E-state index in [0.717, 1.165) is 13.0 Å². The summed E-state index contributed by atoms with van der Waals surface area (Å²) in [7, 11) is 0. The minimum atomic E-state index is 0.618. The summed E-state index contributed by atoms with van der Waals surface area (Å²) in [5.41, 5.74) is 0. The van der Waals surface area contributed by atoms with Gasteiger partial charge in [0.05, 0.1) is 12.6 Å². The van der Waals surface area contributed by atoms with Gasteiger partial charge in [-0.05, 0) is 6.42 Å². The Hall–Kier alpha value is -0.880. The van der Waals surface area contributed by atoms with E-state index in [0.29, 0.717) is 6.54 Å². The zero-order chi connectivity index (χ0) is 6.95. The molecule has 0 saturated heterocycles. The smallest absolute Gasteiger partial charge is 0.0895 e. The molecule has 0 aromatic carbocycles. The topological polar surface area (TPSA) is 24.7 Å². The van der Waals surface area contributed by atoms with Crippen molar-refractivity contribution >= 4 is 6.01 Å². The third kappa shape index (κ3) is 7.12. The van der Waals surface area contributed by atoms with Gasteiger partial charge in [-0.3, -0.25) is 0 Å². The van der Waals surface area contributed by atoms with E-state index in [4.69, 9.17) is 0 Å². The van der Waals surface area contributed by atoms with Crippen molar-refractivity contribution in [3.05, 3.63) is 12.7 Å². The van der Waals surface area contributed by atoms with Crippen molar-refractivity contribution in [1.29, 1.82) is 0 Å². The molecule has 0 fully saturated rings. The molecule has 0 amide bonds. The average molecular weight is 124 g/mol. The Morgan fingerprint density at radius 3 is 2.89 bits per heavy atom. The number of nitrogens with zero attached hydrogens (tertiary/aromatic N) is 2. The van der Waals surface area contributed by atoms with Gasteiger partial charge in [-0.2, -0.15) is 0 Å². The molecule has 0 aliphatic carbocycles. The van der Waals surface area contributed by atoms with Crippen molar-refractivity contribution in [2.75, 3.05) is 13.1 Å². The molecule has 50 valence electrons. The fourth-order valence-electron chi connectivity index (χ4n) is 0.317. The fourth-order valence-corrected chi connectivity index (χ4v) is 0.317. The Labute approximate surface area is 56.0 Å². The molecule has 0 rings (SSSR count). The molecule has 2 heteroatoms. The van der Waals surface area contributed by atoms with Crippen molar-refractivity contribution in [2.45, 2.75) is 13.3 Å². The molecular weight excluding hydrogens is 112 g/mol. The Morgan fingerprint density at radius 2 is 2.33 bits per heavy atom. The predicted octanol–water partition coefficient (Wildman–Crippen LogP) is 1.76. The summed E-state index contributed by atoms with van der Waals surface area (Å²) in [6.45, 7) is 7.01. The van der Waals surface area contributed by atoms with E-state index >= 15 is 0 Å². The molecule has 0 aromatic heterocycles. The molecule has 0 radical (unpaired) electrons. The first-order valence-electron chi connectivity index (χ1n) is 3.10. The van der Waals surface area contributed by atoms with E-state index < -0.39 is 0 Å². The zero-order valence-electron chi connectivity index (χ0n) is 5.80. The van der Waals surface area contributed by atoms with Crippen LogP contribution in [0.5, 0.6) is 0 Å². The second-order valence-electron chi connectivity index (χ2n) is 1.61. The van der Waals surface area contributed by atoms with Crippen LogP contribution in [-0.2, 0) is 0 Å². The first-order chi connectivity index (χ1) is 4.41. The quantitative estimate of drug-likeness (QED) is 0.403. The Bertz CT molecular complexity index is 121. The number of aliphatic imine (C=N–C) groups is 2. The standard InChI is InChI=1S/C7H12N2/c1-3-5-8-7-9-6-4-2/h3H,1,4-6H2,2H3. The van der Waals surface area contributed by atoms with E-state index in [-0.39, 0.29) is 0 Å². The Balaban J connectivity index is 3.29. The number of hydrogen-bond acceptors (Lipinski definition) is 2. The maximum Gasteiger partial charge on any atom is 0.0895 e. The first kappa shape index (κ1) is 8.12. The third-order valence-corrected chi connectivity index (χ3v) is 0.697. The van der Waals surface area contributed by atoms with Gasteiger partial charge >= 0.3 is 0 Å². The van der Waals surface area contributed by atoms with Crippen LogP contribution in [0.4, 0.5) is 0 Å². The van der Waals surface area contributed by atoms with Crippen LogP contribution < -0.4 is 0 Å². The van der Waals surface area contributed by atoms with Gasteiger partial charge in [0.25, 0.3) is 0 Å². The molecular formula is C7H12N2. The lowest BCUT2D eigenvalue weighted by atomic mass is 10.5. The van der Waals surface area contributed by atoms with E-state index in [2.05, 4.69) is 29.5 Å². The largest absolute Gasteiger partial charge is 0.226 e. The van der Waals surface area contributed by atoms with Crippen molar-refractivity contribution in [3.8, 4) is 0 Å². The zero-order valence-corrected chi connectivity index (χ0v) is 5.80. The van der Waals surface area contributed by atoms with E-state index in [9.17, 15) is 0 Å². The van der Waals surface area contributed by atoms with Gasteiger partial charge in [0.1, 0.15) is 0 Å². The summed E-state index contributed by atoms with van der Waals surface area (Å²) in [6.07, 6.45) is 2.77. The number of hydrogen-bond donors (Lipinski definition) is 0. The van der Waals surface area contributed by atoms with E-state index in [1.165, 1.54) is 0 Å². The minimum Gasteiger partial charge on any atom is -0.226 e. The monoisotopic (exact) mass is 124 g/mol. The summed E-state index contributed by atoms with van der Waals surface area (Å²) >= 11 is 0. The molecule has 0 aromatic rings. The second kappa shape index (κ2) is 7.12. The highest BCUT2D eigenvalue weighted by atomic mass is 14.8. The van der Waals surface area contributed by atoms with Crippen molar-refractivity contribution < 1.29 is 0 Å². The minimum absolute atomic E-state index is 0.618. The van der Waals surface area contributed by atoms with Crippen LogP contribution in [0.2, 0.25) is 0 Å². The molecule has 0 unspecified atom stereocenters. The van der Waals surface area contributed by atoms with Crippen LogP contribution in [0.1, 0.15) is 13.3 Å². The van der Waals surface area contributed by atoms with Gasteiger partial charge in [0, 0.05) is 6.54 Å². The molecule has 0 atom stereocenters. The lowest BCUT2D eigenvalue weighted by molar-refractivity contribution is 0.936. The summed E-state index contributed by atoms with van der Waals surface area (Å²) in [5.74, 6) is 0. The summed E-state index contributed by atoms with van der Waals surface area (Å²) in [4.78, 5) is 7.66. The Kier molecular flexibility index (Phi) is 6.42. The average Bonchev–Trinajstić information content (AvgIpc) is 1.89. The third-order valence-electron chi connectivity index (χ3n) is 0.697. The summed E-state index contributed by atoms with van der Waals surface area (Å²) in [5, 5.41) is 0. The highest BCUT2D eigenvalue weighted by Crippen LogP contribution is 1.73. The maximum absolute atomic E-state index is 3.86. The number of rotatable bonds is 4.